The van der Waals surface area contributed by atoms with Crippen LogP contribution in [0.15, 0.2) is 29.2 Å². The van der Waals surface area contributed by atoms with Crippen molar-refractivity contribution in [2.24, 2.45) is 0 Å². The number of halogens is 1. The minimum atomic E-state index is -3.82. The monoisotopic (exact) mass is 344 g/mol. The van der Waals surface area contributed by atoms with Crippen molar-refractivity contribution in [3.8, 4) is 0 Å². The maximum Gasteiger partial charge on any atom is 0.289 e. The van der Waals surface area contributed by atoms with Gasteiger partial charge in [-0.15, -0.1) is 0 Å². The summed E-state index contributed by atoms with van der Waals surface area (Å²) in [6.07, 6.45) is 0.395. The number of hydrogen-bond acceptors (Lipinski definition) is 5. The molecule has 1 aromatic carbocycles. The number of imide groups is 1. The summed E-state index contributed by atoms with van der Waals surface area (Å²) >= 11 is 0.927. The summed E-state index contributed by atoms with van der Waals surface area (Å²) in [6.45, 7) is 0.252. The van der Waals surface area contributed by atoms with Crippen LogP contribution in [-0.2, 0) is 14.8 Å². The van der Waals surface area contributed by atoms with Crippen LogP contribution in [0.2, 0.25) is 0 Å². The van der Waals surface area contributed by atoms with Crippen LogP contribution in [0.25, 0.3) is 0 Å². The lowest BCUT2D eigenvalue weighted by Gasteiger charge is -2.21. The number of thioether (sulfide) groups is 1. The second-order valence-corrected chi connectivity index (χ2v) is 7.95. The van der Waals surface area contributed by atoms with Crippen molar-refractivity contribution in [1.29, 1.82) is 0 Å². The topological polar surface area (TPSA) is 74.8 Å². The molecule has 0 N–H and O–H groups in total. The molecule has 0 radical (unpaired) electrons. The van der Waals surface area contributed by atoms with E-state index in [0.717, 1.165) is 22.7 Å². The van der Waals surface area contributed by atoms with E-state index in [9.17, 15) is 22.4 Å². The highest BCUT2D eigenvalue weighted by molar-refractivity contribution is 8.14. The summed E-state index contributed by atoms with van der Waals surface area (Å²) in [6, 6.07) is 4.35. The van der Waals surface area contributed by atoms with Crippen molar-refractivity contribution in [3.05, 3.63) is 30.1 Å². The van der Waals surface area contributed by atoms with Crippen LogP contribution in [0.4, 0.5) is 9.18 Å². The zero-order valence-corrected chi connectivity index (χ0v) is 13.1. The number of hydrogen-bond donors (Lipinski definition) is 0. The molecule has 2 heterocycles. The fourth-order valence-electron chi connectivity index (χ4n) is 2.63. The molecule has 2 aliphatic heterocycles. The summed E-state index contributed by atoms with van der Waals surface area (Å²) in [5, 5.41) is -0.333. The Labute approximate surface area is 131 Å². The maximum atomic E-state index is 13.2. The van der Waals surface area contributed by atoms with Crippen molar-refractivity contribution in [2.75, 3.05) is 18.8 Å². The van der Waals surface area contributed by atoms with Crippen molar-refractivity contribution >= 4 is 32.9 Å². The first-order valence-electron chi connectivity index (χ1n) is 6.64. The standard InChI is InChI=1S/C13H13FN2O4S2/c14-9-2-1-3-11(6-9)22(19,20)15-5-4-10(7-15)16-12(17)8-21-13(16)18/h1-3,6,10H,4-5,7-8H2. The van der Waals surface area contributed by atoms with E-state index < -0.39 is 21.9 Å². The van der Waals surface area contributed by atoms with Crippen molar-refractivity contribution in [3.63, 3.8) is 0 Å². The quantitative estimate of drug-likeness (QED) is 0.826. The van der Waals surface area contributed by atoms with Gasteiger partial charge in [-0.3, -0.25) is 14.5 Å². The maximum absolute atomic E-state index is 13.2. The second-order valence-electron chi connectivity index (χ2n) is 5.08. The summed E-state index contributed by atoms with van der Waals surface area (Å²) < 4.78 is 39.4. The summed E-state index contributed by atoms with van der Waals surface area (Å²) in [7, 11) is -3.82. The van der Waals surface area contributed by atoms with Crippen LogP contribution in [0.5, 0.6) is 0 Å². The Morgan fingerprint density at radius 3 is 2.68 bits per heavy atom. The van der Waals surface area contributed by atoms with Crippen LogP contribution < -0.4 is 0 Å². The molecule has 1 aromatic rings. The van der Waals surface area contributed by atoms with Gasteiger partial charge >= 0.3 is 0 Å². The largest absolute Gasteiger partial charge is 0.289 e. The van der Waals surface area contributed by atoms with E-state index in [4.69, 9.17) is 0 Å². The smallest absolute Gasteiger partial charge is 0.273 e. The molecule has 0 bridgehead atoms. The third kappa shape index (κ3) is 2.64. The molecular weight excluding hydrogens is 331 g/mol. The third-order valence-electron chi connectivity index (χ3n) is 3.71. The normalized spacial score (nSPS) is 23.5. The molecule has 9 heteroatoms. The van der Waals surface area contributed by atoms with Gasteiger partial charge in [0.15, 0.2) is 0 Å². The van der Waals surface area contributed by atoms with E-state index in [-0.39, 0.29) is 34.9 Å². The molecule has 2 fully saturated rings. The highest BCUT2D eigenvalue weighted by Crippen LogP contribution is 2.29. The van der Waals surface area contributed by atoms with E-state index in [1.165, 1.54) is 22.5 Å². The first kappa shape index (κ1) is 15.4. The predicted octanol–water partition coefficient (Wildman–Crippen LogP) is 1.28. The molecule has 0 spiro atoms. The predicted molar refractivity (Wildman–Crippen MR) is 78.3 cm³/mol. The number of nitrogens with zero attached hydrogens (tertiary/aromatic N) is 2. The first-order chi connectivity index (χ1) is 10.4. The zero-order valence-electron chi connectivity index (χ0n) is 11.4. The molecule has 3 rings (SSSR count). The fraction of sp³-hybridized carbons (Fsp3) is 0.385. The van der Waals surface area contributed by atoms with Gasteiger partial charge in [-0.05, 0) is 24.6 Å². The molecule has 0 aromatic heterocycles. The Kier molecular flexibility index (Phi) is 3.96. The van der Waals surface area contributed by atoms with Crippen LogP contribution in [-0.4, -0.2) is 53.7 Å². The molecule has 1 atom stereocenters. The Balaban J connectivity index is 1.80. The average Bonchev–Trinajstić information content (AvgIpc) is 3.06. The van der Waals surface area contributed by atoms with E-state index in [1.807, 2.05) is 0 Å². The zero-order chi connectivity index (χ0) is 15.9. The van der Waals surface area contributed by atoms with Gasteiger partial charge in [0.25, 0.3) is 5.24 Å². The lowest BCUT2D eigenvalue weighted by Crippen LogP contribution is -2.41. The average molecular weight is 344 g/mol. The Bertz CT molecular complexity index is 721. The SMILES string of the molecule is O=C1CSC(=O)N1C1CCN(S(=O)(=O)c2cccc(F)c2)C1. The molecule has 118 valence electrons. The molecule has 6 nitrogen and oxygen atoms in total. The molecule has 2 aliphatic rings. The molecular formula is C13H13FN2O4S2. The lowest BCUT2D eigenvalue weighted by molar-refractivity contribution is -0.126. The molecule has 2 saturated heterocycles. The lowest BCUT2D eigenvalue weighted by atomic mass is 10.2. The third-order valence-corrected chi connectivity index (χ3v) is 6.41. The van der Waals surface area contributed by atoms with Gasteiger partial charge in [-0.25, -0.2) is 12.8 Å². The van der Waals surface area contributed by atoms with Gasteiger partial charge in [0, 0.05) is 13.1 Å². The van der Waals surface area contributed by atoms with Gasteiger partial charge < -0.3 is 0 Å². The summed E-state index contributed by atoms with van der Waals surface area (Å²) in [4.78, 5) is 24.4. The molecule has 0 saturated carbocycles. The van der Waals surface area contributed by atoms with Gasteiger partial charge in [0.2, 0.25) is 15.9 Å². The number of sulfonamides is 1. The Morgan fingerprint density at radius 2 is 2.05 bits per heavy atom. The highest BCUT2D eigenvalue weighted by atomic mass is 32.2. The molecule has 0 aliphatic carbocycles. The minimum Gasteiger partial charge on any atom is -0.273 e. The molecule has 2 amide bonds. The first-order valence-corrected chi connectivity index (χ1v) is 9.07. The van der Waals surface area contributed by atoms with Gasteiger partial charge in [-0.1, -0.05) is 17.8 Å². The van der Waals surface area contributed by atoms with Crippen molar-refractivity contribution < 1.29 is 22.4 Å². The Morgan fingerprint density at radius 1 is 1.27 bits per heavy atom. The molecule has 22 heavy (non-hydrogen) atoms. The van der Waals surface area contributed by atoms with E-state index in [2.05, 4.69) is 0 Å². The van der Waals surface area contributed by atoms with Crippen LogP contribution in [0, 0.1) is 5.82 Å². The number of rotatable bonds is 3. The van der Waals surface area contributed by atoms with Crippen molar-refractivity contribution in [1.82, 2.24) is 9.21 Å². The van der Waals surface area contributed by atoms with E-state index in [1.54, 1.807) is 0 Å². The van der Waals surface area contributed by atoms with Gasteiger partial charge in [-0.2, -0.15) is 4.31 Å². The number of carbonyl (C=O) groups is 2. The van der Waals surface area contributed by atoms with Crippen LogP contribution >= 0.6 is 11.8 Å². The Hall–Kier alpha value is -1.45. The van der Waals surface area contributed by atoms with Crippen LogP contribution in [0.1, 0.15) is 6.42 Å². The van der Waals surface area contributed by atoms with Crippen molar-refractivity contribution in [2.45, 2.75) is 17.4 Å². The number of carbonyl (C=O) groups excluding carboxylic acids is 2. The summed E-state index contributed by atoms with van der Waals surface area (Å²) in [5.74, 6) is -0.811. The van der Waals surface area contributed by atoms with Crippen LogP contribution in [0.3, 0.4) is 0 Å². The molecule has 1 unspecified atom stereocenters. The highest BCUT2D eigenvalue weighted by Gasteiger charge is 2.42. The van der Waals surface area contributed by atoms with E-state index in [0.29, 0.717) is 6.42 Å². The number of amides is 2. The van der Waals surface area contributed by atoms with Gasteiger partial charge in [0.1, 0.15) is 5.82 Å². The van der Waals surface area contributed by atoms with Gasteiger partial charge in [0.05, 0.1) is 16.7 Å². The number of benzene rings is 1. The minimum absolute atomic E-state index is 0.0525. The fourth-order valence-corrected chi connectivity index (χ4v) is 4.93. The summed E-state index contributed by atoms with van der Waals surface area (Å²) in [5.41, 5.74) is 0. The second kappa shape index (κ2) is 5.64. The van der Waals surface area contributed by atoms with E-state index >= 15 is 0 Å².